The third-order valence-corrected chi connectivity index (χ3v) is 5.72. The van der Waals surface area contributed by atoms with Crippen LogP contribution in [0.3, 0.4) is 0 Å². The Morgan fingerprint density at radius 1 is 1.12 bits per heavy atom. The van der Waals surface area contributed by atoms with Gasteiger partial charge in [0.15, 0.2) is 22.7 Å². The number of phenols is 1. The van der Waals surface area contributed by atoms with Crippen molar-refractivity contribution in [1.82, 2.24) is 0 Å². The Labute approximate surface area is 198 Å². The number of phenolic OH excluding ortho intramolecular Hbond substituents is 1. The highest BCUT2D eigenvalue weighted by Crippen LogP contribution is 2.39. The van der Waals surface area contributed by atoms with Crippen LogP contribution in [0.15, 0.2) is 39.5 Å². The van der Waals surface area contributed by atoms with Crippen molar-refractivity contribution in [3.8, 4) is 34.3 Å². The second-order valence-electron chi connectivity index (χ2n) is 8.63. The number of fused-ring (bicyclic) bond motifs is 1. The summed E-state index contributed by atoms with van der Waals surface area (Å²) in [4.78, 5) is 13.1. The Morgan fingerprint density at radius 3 is 2.53 bits per heavy atom. The molecule has 1 aromatic heterocycles. The monoisotopic (exact) mass is 470 g/mol. The minimum atomic E-state index is -0.642. The Balaban J connectivity index is 1.75. The van der Waals surface area contributed by atoms with E-state index >= 15 is 0 Å². The maximum Gasteiger partial charge on any atom is 0.197 e. The van der Waals surface area contributed by atoms with E-state index in [9.17, 15) is 9.90 Å². The third-order valence-electron chi connectivity index (χ3n) is 5.72. The lowest BCUT2D eigenvalue weighted by atomic mass is 9.98. The second kappa shape index (κ2) is 9.56. The van der Waals surface area contributed by atoms with Crippen LogP contribution in [0.1, 0.15) is 32.8 Å². The van der Waals surface area contributed by atoms with Gasteiger partial charge in [0, 0.05) is 29.3 Å². The molecule has 0 aliphatic carbocycles. The predicted molar refractivity (Wildman–Crippen MR) is 127 cm³/mol. The zero-order chi connectivity index (χ0) is 24.5. The molecule has 1 aliphatic rings. The zero-order valence-electron chi connectivity index (χ0n) is 20.1. The fourth-order valence-corrected chi connectivity index (χ4v) is 4.15. The van der Waals surface area contributed by atoms with E-state index in [2.05, 4.69) is 0 Å². The summed E-state index contributed by atoms with van der Waals surface area (Å²) < 4.78 is 34.2. The van der Waals surface area contributed by atoms with E-state index in [0.29, 0.717) is 58.1 Å². The molecule has 2 heterocycles. The molecule has 0 saturated carbocycles. The molecule has 34 heavy (non-hydrogen) atoms. The van der Waals surface area contributed by atoms with E-state index in [-0.39, 0.29) is 23.9 Å². The van der Waals surface area contributed by atoms with Crippen molar-refractivity contribution in [2.45, 2.75) is 45.5 Å². The number of hydrogen-bond donors (Lipinski definition) is 1. The van der Waals surface area contributed by atoms with Crippen molar-refractivity contribution in [2.75, 3.05) is 27.4 Å². The Kier molecular flexibility index (Phi) is 6.72. The standard InChI is InChI=1S/C26H30O8/c1-6-7-18-17(8-9-20(29-4)25(18)28)21-12-19(27)24-22(30-5)10-15(11-23(24)33-21)31-13-16-14-32-26(2,3)34-16/h8-12,16,28H,6-7,13-14H2,1-5H3. The summed E-state index contributed by atoms with van der Waals surface area (Å²) in [5.41, 5.74) is 1.35. The van der Waals surface area contributed by atoms with Crippen molar-refractivity contribution in [1.29, 1.82) is 0 Å². The molecular formula is C26H30O8. The number of rotatable bonds is 8. The molecule has 2 aromatic carbocycles. The molecule has 182 valence electrons. The van der Waals surface area contributed by atoms with Gasteiger partial charge in [-0.1, -0.05) is 13.3 Å². The van der Waals surface area contributed by atoms with E-state index in [1.54, 1.807) is 24.3 Å². The zero-order valence-corrected chi connectivity index (χ0v) is 20.1. The average Bonchev–Trinajstić information content (AvgIpc) is 3.16. The van der Waals surface area contributed by atoms with Crippen LogP contribution in [0.4, 0.5) is 0 Å². The van der Waals surface area contributed by atoms with Crippen molar-refractivity contribution in [2.24, 2.45) is 0 Å². The van der Waals surface area contributed by atoms with Crippen molar-refractivity contribution in [3.05, 3.63) is 46.1 Å². The van der Waals surface area contributed by atoms with Crippen LogP contribution >= 0.6 is 0 Å². The topological polar surface area (TPSA) is 96.6 Å². The van der Waals surface area contributed by atoms with Gasteiger partial charge in [0.05, 0.1) is 20.8 Å². The molecule has 4 rings (SSSR count). The van der Waals surface area contributed by atoms with Gasteiger partial charge in [0.1, 0.15) is 40.9 Å². The van der Waals surface area contributed by atoms with E-state index in [4.69, 9.17) is 28.1 Å². The van der Waals surface area contributed by atoms with Crippen LogP contribution in [-0.2, 0) is 15.9 Å². The number of aromatic hydroxyl groups is 1. The van der Waals surface area contributed by atoms with Gasteiger partial charge in [-0.3, -0.25) is 4.79 Å². The summed E-state index contributed by atoms with van der Waals surface area (Å²) in [6.07, 6.45) is 1.17. The van der Waals surface area contributed by atoms with Crippen molar-refractivity contribution < 1.29 is 33.2 Å². The minimum absolute atomic E-state index is 0.0426. The summed E-state index contributed by atoms with van der Waals surface area (Å²) in [6, 6.07) is 8.16. The molecule has 0 amide bonds. The first-order chi connectivity index (χ1) is 16.3. The summed E-state index contributed by atoms with van der Waals surface area (Å²) in [7, 11) is 2.99. The Hall–Kier alpha value is -3.23. The first-order valence-corrected chi connectivity index (χ1v) is 11.3. The molecule has 3 aromatic rings. The van der Waals surface area contributed by atoms with Gasteiger partial charge in [0.25, 0.3) is 0 Å². The van der Waals surface area contributed by atoms with Crippen LogP contribution < -0.4 is 19.6 Å². The number of benzene rings is 2. The minimum Gasteiger partial charge on any atom is -0.504 e. The van der Waals surface area contributed by atoms with Crippen molar-refractivity contribution >= 4 is 11.0 Å². The lowest BCUT2D eigenvalue weighted by Gasteiger charge is -2.17. The van der Waals surface area contributed by atoms with Gasteiger partial charge in [-0.15, -0.1) is 0 Å². The van der Waals surface area contributed by atoms with Crippen LogP contribution in [0, 0.1) is 0 Å². The maximum atomic E-state index is 13.1. The predicted octanol–water partition coefficient (Wildman–Crippen LogP) is 4.67. The molecular weight excluding hydrogens is 440 g/mol. The van der Waals surface area contributed by atoms with E-state index in [0.717, 1.165) is 6.42 Å². The van der Waals surface area contributed by atoms with Gasteiger partial charge >= 0.3 is 0 Å². The number of hydrogen-bond acceptors (Lipinski definition) is 8. The van der Waals surface area contributed by atoms with Gasteiger partial charge in [0.2, 0.25) is 0 Å². The second-order valence-corrected chi connectivity index (χ2v) is 8.63. The molecule has 0 bridgehead atoms. The van der Waals surface area contributed by atoms with Crippen LogP contribution in [0.25, 0.3) is 22.3 Å². The fraction of sp³-hybridized carbons (Fsp3) is 0.423. The molecule has 1 saturated heterocycles. The van der Waals surface area contributed by atoms with Crippen LogP contribution in [0.5, 0.6) is 23.0 Å². The van der Waals surface area contributed by atoms with Crippen LogP contribution in [0.2, 0.25) is 0 Å². The van der Waals surface area contributed by atoms with E-state index in [1.165, 1.54) is 20.3 Å². The fourth-order valence-electron chi connectivity index (χ4n) is 4.15. The highest BCUT2D eigenvalue weighted by molar-refractivity contribution is 5.87. The van der Waals surface area contributed by atoms with Crippen molar-refractivity contribution in [3.63, 3.8) is 0 Å². The summed E-state index contributed by atoms with van der Waals surface area (Å²) in [6.45, 7) is 6.42. The molecule has 8 heteroatoms. The maximum absolute atomic E-state index is 13.1. The van der Waals surface area contributed by atoms with E-state index < -0.39 is 5.79 Å². The Bertz CT molecular complexity index is 1240. The Morgan fingerprint density at radius 2 is 1.88 bits per heavy atom. The van der Waals surface area contributed by atoms with Gasteiger partial charge in [-0.25, -0.2) is 0 Å². The molecule has 1 N–H and O–H groups in total. The highest BCUT2D eigenvalue weighted by atomic mass is 16.7. The first kappa shape index (κ1) is 23.9. The average molecular weight is 471 g/mol. The lowest BCUT2D eigenvalue weighted by molar-refractivity contribution is -0.141. The molecule has 0 radical (unpaired) electrons. The van der Waals surface area contributed by atoms with E-state index in [1.807, 2.05) is 20.8 Å². The summed E-state index contributed by atoms with van der Waals surface area (Å²) in [5, 5.41) is 11.0. The van der Waals surface area contributed by atoms with Gasteiger partial charge in [-0.2, -0.15) is 0 Å². The smallest absolute Gasteiger partial charge is 0.197 e. The normalized spacial score (nSPS) is 17.1. The summed E-state index contributed by atoms with van der Waals surface area (Å²) in [5.74, 6) is 0.937. The van der Waals surface area contributed by atoms with Crippen LogP contribution in [-0.4, -0.2) is 44.4 Å². The third kappa shape index (κ3) is 4.69. The summed E-state index contributed by atoms with van der Waals surface area (Å²) >= 11 is 0. The molecule has 1 fully saturated rings. The first-order valence-electron chi connectivity index (χ1n) is 11.3. The number of ether oxygens (including phenoxy) is 5. The molecule has 0 spiro atoms. The molecule has 8 nitrogen and oxygen atoms in total. The SMILES string of the molecule is CCCc1c(-c2cc(=O)c3c(OC)cc(OCC4COC(C)(C)O4)cc3o2)ccc(OC)c1O. The quantitative estimate of drug-likeness (QED) is 0.508. The number of methoxy groups -OCH3 is 2. The van der Waals surface area contributed by atoms with Gasteiger partial charge < -0.3 is 33.2 Å². The lowest BCUT2D eigenvalue weighted by Crippen LogP contribution is -2.25. The highest BCUT2D eigenvalue weighted by Gasteiger charge is 2.33. The largest absolute Gasteiger partial charge is 0.504 e. The molecule has 1 atom stereocenters. The van der Waals surface area contributed by atoms with Gasteiger partial charge in [-0.05, 0) is 32.4 Å². The molecule has 1 unspecified atom stereocenters. The molecule has 1 aliphatic heterocycles.